The van der Waals surface area contributed by atoms with Crippen molar-refractivity contribution in [3.63, 3.8) is 0 Å². The molecule has 0 radical (unpaired) electrons. The summed E-state index contributed by atoms with van der Waals surface area (Å²) in [4.78, 5) is 21.9. The minimum atomic E-state index is -1.23. The van der Waals surface area contributed by atoms with Crippen LogP contribution in [0.15, 0.2) is 17.3 Å². The lowest BCUT2D eigenvalue weighted by atomic mass is 9.96. The summed E-state index contributed by atoms with van der Waals surface area (Å²) in [5.74, 6) is 0.211. The molecular formula is C12H16FN5O2. The molecular weight excluding hydrogens is 265 g/mol. The molecule has 0 atom stereocenters. The van der Waals surface area contributed by atoms with E-state index < -0.39 is 12.2 Å². The molecule has 0 aromatic carbocycles. The molecule has 1 heterocycles. The van der Waals surface area contributed by atoms with Crippen molar-refractivity contribution in [2.24, 2.45) is 4.99 Å². The van der Waals surface area contributed by atoms with Crippen molar-refractivity contribution in [2.75, 3.05) is 5.32 Å². The van der Waals surface area contributed by atoms with Crippen LogP contribution >= 0.6 is 0 Å². The van der Waals surface area contributed by atoms with Crippen molar-refractivity contribution in [3.8, 4) is 0 Å². The largest absolute Gasteiger partial charge is 0.465 e. The fourth-order valence-corrected chi connectivity index (χ4v) is 2.12. The molecule has 0 spiro atoms. The Hall–Kier alpha value is -2.25. The Balaban J connectivity index is 2.10. The third-order valence-corrected chi connectivity index (χ3v) is 2.98. The number of nitrogens with zero attached hydrogens (tertiary/aromatic N) is 3. The number of amides is 1. The maximum Gasteiger partial charge on any atom is 0.411 e. The highest BCUT2D eigenvalue weighted by Gasteiger charge is 2.14. The van der Waals surface area contributed by atoms with Crippen molar-refractivity contribution in [2.45, 2.75) is 38.1 Å². The van der Waals surface area contributed by atoms with Gasteiger partial charge in [-0.1, -0.05) is 19.3 Å². The zero-order chi connectivity index (χ0) is 14.4. The van der Waals surface area contributed by atoms with Gasteiger partial charge in [-0.15, -0.1) is 0 Å². The molecule has 0 bridgehead atoms. The Morgan fingerprint density at radius 3 is 2.80 bits per heavy atom. The first-order chi connectivity index (χ1) is 9.63. The van der Waals surface area contributed by atoms with Crippen LogP contribution in [-0.2, 0) is 0 Å². The van der Waals surface area contributed by atoms with Crippen LogP contribution in [0.3, 0.4) is 0 Å². The van der Waals surface area contributed by atoms with Gasteiger partial charge in [0.1, 0.15) is 5.82 Å². The van der Waals surface area contributed by atoms with Crippen LogP contribution in [0.5, 0.6) is 0 Å². The molecule has 1 aliphatic carbocycles. The van der Waals surface area contributed by atoms with E-state index in [1.54, 1.807) is 0 Å². The maximum absolute atomic E-state index is 12.9. The fraction of sp³-hybridized carbons (Fsp3) is 0.500. The number of carboxylic acid groups (broad SMARTS) is 1. The first-order valence-corrected chi connectivity index (χ1v) is 6.47. The van der Waals surface area contributed by atoms with Crippen molar-refractivity contribution in [3.05, 3.63) is 18.3 Å². The van der Waals surface area contributed by atoms with E-state index in [9.17, 15) is 9.18 Å². The summed E-state index contributed by atoms with van der Waals surface area (Å²) in [7, 11) is 0. The molecule has 2 rings (SSSR count). The summed E-state index contributed by atoms with van der Waals surface area (Å²) in [6, 6.07) is 1.51. The highest BCUT2D eigenvalue weighted by molar-refractivity contribution is 6.01. The van der Waals surface area contributed by atoms with E-state index in [2.05, 4.69) is 25.6 Å². The Morgan fingerprint density at radius 1 is 1.40 bits per heavy atom. The minimum absolute atomic E-state index is 0.0579. The molecule has 1 aromatic rings. The number of anilines is 1. The molecule has 108 valence electrons. The molecule has 1 amide bonds. The van der Waals surface area contributed by atoms with Gasteiger partial charge in [-0.05, 0) is 18.9 Å². The van der Waals surface area contributed by atoms with Gasteiger partial charge in [-0.3, -0.25) is 5.32 Å². The van der Waals surface area contributed by atoms with Gasteiger partial charge in [0, 0.05) is 6.20 Å². The van der Waals surface area contributed by atoms with Crippen molar-refractivity contribution in [1.82, 2.24) is 15.3 Å². The smallest absolute Gasteiger partial charge is 0.411 e. The topological polar surface area (TPSA) is 99.5 Å². The van der Waals surface area contributed by atoms with Gasteiger partial charge in [0.2, 0.25) is 5.96 Å². The van der Waals surface area contributed by atoms with Gasteiger partial charge >= 0.3 is 12.2 Å². The molecule has 1 fully saturated rings. The van der Waals surface area contributed by atoms with E-state index >= 15 is 0 Å². The SMILES string of the molecule is O=C(O)NC(=NC1CCCCC1)Nc1ccnc(F)n1. The summed E-state index contributed by atoms with van der Waals surface area (Å²) < 4.78 is 12.9. The van der Waals surface area contributed by atoms with Crippen molar-refractivity contribution < 1.29 is 14.3 Å². The fourth-order valence-electron chi connectivity index (χ4n) is 2.12. The number of hydrogen-bond donors (Lipinski definition) is 3. The highest BCUT2D eigenvalue weighted by Crippen LogP contribution is 2.20. The number of nitrogens with one attached hydrogen (secondary N) is 2. The number of aliphatic imine (C=N–C) groups is 1. The standard InChI is InChI=1S/C12H16FN5O2/c13-10-14-7-6-9(16-10)17-11(18-12(19)20)15-8-4-2-1-3-5-8/h6-8H,1-5H2,(H,19,20)(H2,14,15,16,17,18). The van der Waals surface area contributed by atoms with Crippen LogP contribution in [0.2, 0.25) is 0 Å². The van der Waals surface area contributed by atoms with Gasteiger partial charge in [0.25, 0.3) is 0 Å². The van der Waals surface area contributed by atoms with Crippen molar-refractivity contribution >= 4 is 17.9 Å². The Labute approximate surface area is 115 Å². The van der Waals surface area contributed by atoms with Crippen LogP contribution in [-0.4, -0.2) is 33.2 Å². The summed E-state index contributed by atoms with van der Waals surface area (Å²) in [5.41, 5.74) is 0. The van der Waals surface area contributed by atoms with E-state index in [0.717, 1.165) is 25.7 Å². The molecule has 1 saturated carbocycles. The van der Waals surface area contributed by atoms with Crippen LogP contribution in [0.1, 0.15) is 32.1 Å². The second-order valence-electron chi connectivity index (χ2n) is 4.54. The monoisotopic (exact) mass is 281 g/mol. The molecule has 1 aromatic heterocycles. The van der Waals surface area contributed by atoms with Gasteiger partial charge in [-0.25, -0.2) is 14.8 Å². The van der Waals surface area contributed by atoms with E-state index in [1.807, 2.05) is 0 Å². The summed E-state index contributed by atoms with van der Waals surface area (Å²) in [6.07, 6.45) is 4.30. The molecule has 8 heteroatoms. The summed E-state index contributed by atoms with van der Waals surface area (Å²) in [6.45, 7) is 0. The predicted molar refractivity (Wildman–Crippen MR) is 71.1 cm³/mol. The van der Waals surface area contributed by atoms with Crippen LogP contribution in [0, 0.1) is 6.08 Å². The van der Waals surface area contributed by atoms with Crippen LogP contribution < -0.4 is 10.6 Å². The third kappa shape index (κ3) is 4.45. The van der Waals surface area contributed by atoms with E-state index in [-0.39, 0.29) is 17.8 Å². The zero-order valence-corrected chi connectivity index (χ0v) is 10.8. The lowest BCUT2D eigenvalue weighted by Crippen LogP contribution is -2.36. The molecule has 0 unspecified atom stereocenters. The van der Waals surface area contributed by atoms with Crippen molar-refractivity contribution in [1.29, 1.82) is 0 Å². The molecule has 1 aliphatic rings. The highest BCUT2D eigenvalue weighted by atomic mass is 19.1. The third-order valence-electron chi connectivity index (χ3n) is 2.98. The Morgan fingerprint density at radius 2 is 2.15 bits per heavy atom. The number of rotatable bonds is 2. The molecule has 3 N–H and O–H groups in total. The van der Waals surface area contributed by atoms with Gasteiger partial charge in [-0.2, -0.15) is 9.37 Å². The van der Waals surface area contributed by atoms with E-state index in [1.165, 1.54) is 18.7 Å². The lowest BCUT2D eigenvalue weighted by Gasteiger charge is -2.19. The van der Waals surface area contributed by atoms with E-state index in [4.69, 9.17) is 5.11 Å². The summed E-state index contributed by atoms with van der Waals surface area (Å²) in [5, 5.41) is 13.6. The lowest BCUT2D eigenvalue weighted by molar-refractivity contribution is 0.200. The molecule has 0 saturated heterocycles. The Kier molecular flexibility index (Phi) is 4.80. The first-order valence-electron chi connectivity index (χ1n) is 6.47. The second-order valence-corrected chi connectivity index (χ2v) is 4.54. The Bertz CT molecular complexity index is 502. The molecule has 7 nitrogen and oxygen atoms in total. The first kappa shape index (κ1) is 14.2. The average Bonchev–Trinajstić information content (AvgIpc) is 2.39. The molecule has 20 heavy (non-hydrogen) atoms. The van der Waals surface area contributed by atoms with Gasteiger partial charge < -0.3 is 10.4 Å². The number of halogens is 1. The normalized spacial score (nSPS) is 16.8. The van der Waals surface area contributed by atoms with E-state index in [0.29, 0.717) is 0 Å². The maximum atomic E-state index is 12.9. The average molecular weight is 281 g/mol. The number of carbonyl (C=O) groups is 1. The van der Waals surface area contributed by atoms with Gasteiger partial charge in [0.05, 0.1) is 6.04 Å². The van der Waals surface area contributed by atoms with Crippen LogP contribution in [0.25, 0.3) is 0 Å². The number of aromatic nitrogens is 2. The second kappa shape index (κ2) is 6.78. The predicted octanol–water partition coefficient (Wildman–Crippen LogP) is 1.98. The summed E-state index contributed by atoms with van der Waals surface area (Å²) >= 11 is 0. The quantitative estimate of drug-likeness (QED) is 0.437. The minimum Gasteiger partial charge on any atom is -0.465 e. The number of guanidine groups is 1. The molecule has 0 aliphatic heterocycles. The van der Waals surface area contributed by atoms with Crippen LogP contribution in [0.4, 0.5) is 15.0 Å². The van der Waals surface area contributed by atoms with Gasteiger partial charge in [0.15, 0.2) is 0 Å². The number of hydrogen-bond acceptors (Lipinski definition) is 4. The zero-order valence-electron chi connectivity index (χ0n) is 10.8.